The first-order chi connectivity index (χ1) is 18.6. The van der Waals surface area contributed by atoms with Crippen LogP contribution in [-0.2, 0) is 38.8 Å². The number of nitrogens with one attached hydrogen (secondary N) is 1. The Morgan fingerprint density at radius 1 is 1.03 bits per heavy atom. The number of ether oxygens (including phenoxy) is 2. The summed E-state index contributed by atoms with van der Waals surface area (Å²) in [6, 6.07) is 12.6. The van der Waals surface area contributed by atoms with Crippen molar-refractivity contribution in [2.75, 3.05) is 6.54 Å². The molecule has 2 aromatic carbocycles. The predicted molar refractivity (Wildman–Crippen MR) is 143 cm³/mol. The molecule has 0 saturated carbocycles. The van der Waals surface area contributed by atoms with Crippen LogP contribution in [0.4, 0.5) is 0 Å². The van der Waals surface area contributed by atoms with Gasteiger partial charge in [-0.3, -0.25) is 29.4 Å². The van der Waals surface area contributed by atoms with Crippen LogP contribution in [-0.4, -0.2) is 57.7 Å². The maximum atomic E-state index is 13.0. The van der Waals surface area contributed by atoms with Gasteiger partial charge in [-0.15, -0.1) is 0 Å². The van der Waals surface area contributed by atoms with E-state index >= 15 is 0 Å². The van der Waals surface area contributed by atoms with Crippen molar-refractivity contribution in [2.45, 2.75) is 83.8 Å². The number of carbonyl (C=O) groups excluding carboxylic acids is 4. The third-order valence-electron chi connectivity index (χ3n) is 7.38. The van der Waals surface area contributed by atoms with Crippen molar-refractivity contribution in [1.82, 2.24) is 15.1 Å². The normalized spacial score (nSPS) is 21.6. The highest BCUT2D eigenvalue weighted by atomic mass is 16.6. The maximum absolute atomic E-state index is 13.0. The van der Waals surface area contributed by atoms with Gasteiger partial charge < -0.3 is 14.4 Å². The van der Waals surface area contributed by atoms with E-state index in [-0.39, 0.29) is 36.8 Å². The van der Waals surface area contributed by atoms with Crippen molar-refractivity contribution in [2.24, 2.45) is 0 Å². The van der Waals surface area contributed by atoms with Gasteiger partial charge in [0.25, 0.3) is 5.91 Å². The van der Waals surface area contributed by atoms with Gasteiger partial charge >= 0.3 is 5.97 Å². The molecule has 0 spiro atoms. The minimum absolute atomic E-state index is 0.157. The number of imide groups is 1. The van der Waals surface area contributed by atoms with E-state index in [1.54, 1.807) is 12.1 Å². The summed E-state index contributed by atoms with van der Waals surface area (Å²) in [5.41, 5.74) is 2.87. The Morgan fingerprint density at radius 3 is 2.49 bits per heavy atom. The highest BCUT2D eigenvalue weighted by Gasteiger charge is 2.40. The lowest BCUT2D eigenvalue weighted by Crippen LogP contribution is -2.52. The van der Waals surface area contributed by atoms with E-state index in [0.717, 1.165) is 36.1 Å². The number of nitrogens with zero attached hydrogens (tertiary/aromatic N) is 2. The number of fused-ring (bicyclic) bond motifs is 1. The first kappa shape index (κ1) is 26.9. The number of rotatable bonds is 7. The minimum atomic E-state index is -0.659. The number of amides is 3. The second-order valence-corrected chi connectivity index (χ2v) is 11.4. The average Bonchev–Trinajstić information content (AvgIpc) is 3.47. The van der Waals surface area contributed by atoms with Crippen LogP contribution in [0.5, 0.6) is 5.75 Å². The molecule has 3 aliphatic heterocycles. The molecule has 2 atom stereocenters. The Bertz CT molecular complexity index is 1280. The SMILES string of the molecule is CC(C)(C)OC(=O)[C@@H]1CCCN1Cc1ccc(COc2cccc3c2CN(C2CCC(=O)NC2=O)C3=O)cc1. The number of hydrogen-bond acceptors (Lipinski definition) is 7. The van der Waals surface area contributed by atoms with Crippen molar-refractivity contribution in [3.63, 3.8) is 0 Å². The third kappa shape index (κ3) is 5.98. The molecule has 9 heteroatoms. The van der Waals surface area contributed by atoms with Crippen molar-refractivity contribution in [3.8, 4) is 5.75 Å². The van der Waals surface area contributed by atoms with Gasteiger partial charge in [0.2, 0.25) is 11.8 Å². The lowest BCUT2D eigenvalue weighted by molar-refractivity contribution is -0.160. The molecule has 0 aliphatic carbocycles. The number of hydrogen-bond donors (Lipinski definition) is 1. The Labute approximate surface area is 228 Å². The standard InChI is InChI=1S/C30H35N3O6/c1-30(2,3)39-29(37)24-7-5-15-32(24)16-19-9-11-20(12-10-19)18-38-25-8-4-6-21-22(25)17-33(28(21)36)23-13-14-26(34)31-27(23)35/h4,6,8-12,23-24H,5,7,13-18H2,1-3H3,(H,31,34,35)/t23?,24-/m0/s1. The summed E-state index contributed by atoms with van der Waals surface area (Å²) in [4.78, 5) is 53.2. The lowest BCUT2D eigenvalue weighted by atomic mass is 10.0. The fourth-order valence-corrected chi connectivity index (χ4v) is 5.48. The molecule has 0 aromatic heterocycles. The Morgan fingerprint density at radius 2 is 1.77 bits per heavy atom. The van der Waals surface area contributed by atoms with Crippen LogP contribution in [0.2, 0.25) is 0 Å². The van der Waals surface area contributed by atoms with Crippen molar-refractivity contribution >= 4 is 23.7 Å². The second-order valence-electron chi connectivity index (χ2n) is 11.4. The lowest BCUT2D eigenvalue weighted by Gasteiger charge is -2.29. The smallest absolute Gasteiger partial charge is 0.323 e. The second kappa shape index (κ2) is 10.8. The van der Waals surface area contributed by atoms with Crippen LogP contribution in [0.15, 0.2) is 42.5 Å². The third-order valence-corrected chi connectivity index (χ3v) is 7.38. The van der Waals surface area contributed by atoms with Gasteiger partial charge in [0, 0.05) is 24.1 Å². The molecule has 0 radical (unpaired) electrons. The summed E-state index contributed by atoms with van der Waals surface area (Å²) >= 11 is 0. The van der Waals surface area contributed by atoms with Gasteiger partial charge in [-0.1, -0.05) is 30.3 Å². The molecule has 5 rings (SSSR count). The fourth-order valence-electron chi connectivity index (χ4n) is 5.48. The molecule has 0 bridgehead atoms. The van der Waals surface area contributed by atoms with E-state index in [1.165, 1.54) is 4.90 Å². The molecule has 39 heavy (non-hydrogen) atoms. The average molecular weight is 534 g/mol. The molecule has 2 saturated heterocycles. The first-order valence-electron chi connectivity index (χ1n) is 13.5. The minimum Gasteiger partial charge on any atom is -0.489 e. The number of benzene rings is 2. The van der Waals surface area contributed by atoms with E-state index in [1.807, 2.05) is 51.1 Å². The fraction of sp³-hybridized carbons (Fsp3) is 0.467. The summed E-state index contributed by atoms with van der Waals surface area (Å²) in [6.07, 6.45) is 2.32. The highest BCUT2D eigenvalue weighted by molar-refractivity contribution is 6.05. The molecule has 9 nitrogen and oxygen atoms in total. The van der Waals surface area contributed by atoms with Crippen LogP contribution in [0.25, 0.3) is 0 Å². The molecule has 3 amide bonds. The number of likely N-dealkylation sites (tertiary alicyclic amines) is 1. The number of esters is 1. The van der Waals surface area contributed by atoms with Crippen molar-refractivity contribution in [1.29, 1.82) is 0 Å². The summed E-state index contributed by atoms with van der Waals surface area (Å²) in [6.45, 7) is 7.80. The van der Waals surface area contributed by atoms with Gasteiger partial charge in [0.1, 0.15) is 30.0 Å². The Balaban J connectivity index is 1.20. The topological polar surface area (TPSA) is 105 Å². The Hall–Kier alpha value is -3.72. The van der Waals surface area contributed by atoms with Gasteiger partial charge in [-0.05, 0) is 69.8 Å². The summed E-state index contributed by atoms with van der Waals surface area (Å²) in [5.74, 6) is -0.506. The van der Waals surface area contributed by atoms with E-state index in [9.17, 15) is 19.2 Å². The van der Waals surface area contributed by atoms with E-state index < -0.39 is 17.6 Å². The number of piperidine rings is 1. The molecule has 2 aromatic rings. The quantitative estimate of drug-likeness (QED) is 0.430. The molecule has 206 valence electrons. The predicted octanol–water partition coefficient (Wildman–Crippen LogP) is 3.33. The monoisotopic (exact) mass is 533 g/mol. The first-order valence-corrected chi connectivity index (χ1v) is 13.5. The highest BCUT2D eigenvalue weighted by Crippen LogP contribution is 2.34. The zero-order valence-corrected chi connectivity index (χ0v) is 22.7. The molecule has 3 heterocycles. The largest absolute Gasteiger partial charge is 0.489 e. The Kier molecular flexibility index (Phi) is 7.44. The zero-order valence-electron chi connectivity index (χ0n) is 22.7. The van der Waals surface area contributed by atoms with Crippen LogP contribution >= 0.6 is 0 Å². The summed E-state index contributed by atoms with van der Waals surface area (Å²) in [7, 11) is 0. The van der Waals surface area contributed by atoms with Gasteiger partial charge in [-0.2, -0.15) is 0 Å². The van der Waals surface area contributed by atoms with Gasteiger partial charge in [0.05, 0.1) is 6.54 Å². The molecule has 1 N–H and O–H groups in total. The van der Waals surface area contributed by atoms with Crippen molar-refractivity contribution in [3.05, 3.63) is 64.7 Å². The molecular weight excluding hydrogens is 498 g/mol. The van der Waals surface area contributed by atoms with Crippen LogP contribution in [0.3, 0.4) is 0 Å². The van der Waals surface area contributed by atoms with Gasteiger partial charge in [-0.25, -0.2) is 0 Å². The zero-order chi connectivity index (χ0) is 27.7. The van der Waals surface area contributed by atoms with Crippen LogP contribution in [0, 0.1) is 0 Å². The van der Waals surface area contributed by atoms with Gasteiger partial charge in [0.15, 0.2) is 0 Å². The molecule has 2 fully saturated rings. The summed E-state index contributed by atoms with van der Waals surface area (Å²) < 4.78 is 11.7. The molecule has 1 unspecified atom stereocenters. The maximum Gasteiger partial charge on any atom is 0.323 e. The molecule has 3 aliphatic rings. The molecular formula is C30H35N3O6. The number of carbonyl (C=O) groups is 4. The van der Waals surface area contributed by atoms with Crippen LogP contribution in [0.1, 0.15) is 73.5 Å². The van der Waals surface area contributed by atoms with E-state index in [4.69, 9.17) is 9.47 Å². The van der Waals surface area contributed by atoms with Crippen LogP contribution < -0.4 is 10.1 Å². The van der Waals surface area contributed by atoms with E-state index in [2.05, 4.69) is 10.2 Å². The van der Waals surface area contributed by atoms with E-state index in [0.29, 0.717) is 30.9 Å². The summed E-state index contributed by atoms with van der Waals surface area (Å²) in [5, 5.41) is 2.33. The van der Waals surface area contributed by atoms with Crippen molar-refractivity contribution < 1.29 is 28.7 Å².